The Labute approximate surface area is 81.4 Å². The van der Waals surface area contributed by atoms with E-state index in [1.54, 1.807) is 0 Å². The molecule has 0 spiro atoms. The second-order valence-corrected chi connectivity index (χ2v) is 3.61. The number of carboxylic acid groups (broad SMARTS) is 1. The molecule has 0 unspecified atom stereocenters. The highest BCUT2D eigenvalue weighted by Crippen LogP contribution is 2.24. The van der Waals surface area contributed by atoms with Gasteiger partial charge < -0.3 is 5.11 Å². The first-order chi connectivity index (χ1) is 6.68. The molecule has 1 aromatic carbocycles. The lowest BCUT2D eigenvalue weighted by atomic mass is 9.90. The number of rotatable bonds is 1. The summed E-state index contributed by atoms with van der Waals surface area (Å²) in [5.41, 5.74) is 1.76. The molecule has 0 bridgehead atoms. The predicted molar refractivity (Wildman–Crippen MR) is 50.0 cm³/mol. The second kappa shape index (κ2) is 3.40. The first kappa shape index (κ1) is 9.19. The fourth-order valence-corrected chi connectivity index (χ4v) is 1.92. The third-order valence-corrected chi connectivity index (χ3v) is 2.66. The van der Waals surface area contributed by atoms with Crippen LogP contribution in [0.1, 0.15) is 34.3 Å². The molecule has 74 valence electrons. The Hall–Kier alpha value is -1.38. The van der Waals surface area contributed by atoms with Crippen LogP contribution in [0, 0.1) is 5.82 Å². The molecule has 1 aromatic rings. The van der Waals surface area contributed by atoms with Gasteiger partial charge in [0.05, 0.1) is 5.56 Å². The number of hydrogen-bond acceptors (Lipinski definition) is 1. The lowest BCUT2D eigenvalue weighted by molar-refractivity contribution is 0.0691. The summed E-state index contributed by atoms with van der Waals surface area (Å²) in [7, 11) is 0. The molecule has 3 heteroatoms. The fraction of sp³-hybridized carbons (Fsp3) is 0.364. The number of aromatic carboxylic acids is 1. The van der Waals surface area contributed by atoms with E-state index >= 15 is 0 Å². The minimum Gasteiger partial charge on any atom is -0.478 e. The molecule has 0 heterocycles. The largest absolute Gasteiger partial charge is 0.478 e. The fourth-order valence-electron chi connectivity index (χ4n) is 1.92. The molecule has 0 atom stereocenters. The van der Waals surface area contributed by atoms with Crippen molar-refractivity contribution in [2.45, 2.75) is 25.7 Å². The predicted octanol–water partition coefficient (Wildman–Crippen LogP) is 2.40. The Bertz CT molecular complexity index is 385. The summed E-state index contributed by atoms with van der Waals surface area (Å²) in [5, 5.41) is 8.73. The Morgan fingerprint density at radius 1 is 1.21 bits per heavy atom. The van der Waals surface area contributed by atoms with Gasteiger partial charge in [0, 0.05) is 0 Å². The Kier molecular flexibility index (Phi) is 2.23. The van der Waals surface area contributed by atoms with Crippen LogP contribution in [0.15, 0.2) is 12.1 Å². The summed E-state index contributed by atoms with van der Waals surface area (Å²) < 4.78 is 13.2. The normalized spacial score (nSPS) is 14.9. The van der Waals surface area contributed by atoms with Gasteiger partial charge in [0.15, 0.2) is 0 Å². The maximum atomic E-state index is 13.2. The number of carboxylic acids is 1. The van der Waals surface area contributed by atoms with E-state index in [2.05, 4.69) is 0 Å². The van der Waals surface area contributed by atoms with E-state index in [9.17, 15) is 9.18 Å². The van der Waals surface area contributed by atoms with Crippen LogP contribution in [-0.4, -0.2) is 11.1 Å². The van der Waals surface area contributed by atoms with Crippen LogP contribution in [0.4, 0.5) is 4.39 Å². The van der Waals surface area contributed by atoms with Gasteiger partial charge in [0.1, 0.15) is 5.82 Å². The summed E-state index contributed by atoms with van der Waals surface area (Å²) in [6.07, 6.45) is 3.87. The van der Waals surface area contributed by atoms with Gasteiger partial charge in [0.25, 0.3) is 0 Å². The van der Waals surface area contributed by atoms with Gasteiger partial charge in [0.2, 0.25) is 0 Å². The number of aryl methyl sites for hydroxylation is 2. The van der Waals surface area contributed by atoms with Crippen molar-refractivity contribution >= 4 is 5.97 Å². The molecule has 0 radical (unpaired) electrons. The van der Waals surface area contributed by atoms with Crippen molar-refractivity contribution in [3.63, 3.8) is 0 Å². The lowest BCUT2D eigenvalue weighted by Gasteiger charge is -2.16. The summed E-state index contributed by atoms with van der Waals surface area (Å²) in [5.74, 6) is -1.80. The number of halogens is 1. The Balaban J connectivity index is 2.50. The molecule has 0 aromatic heterocycles. The highest BCUT2D eigenvalue weighted by Gasteiger charge is 2.16. The van der Waals surface area contributed by atoms with Gasteiger partial charge in [-0.05, 0) is 48.9 Å². The van der Waals surface area contributed by atoms with Crippen LogP contribution in [-0.2, 0) is 12.8 Å². The molecule has 0 saturated heterocycles. The van der Waals surface area contributed by atoms with Crippen molar-refractivity contribution < 1.29 is 14.3 Å². The van der Waals surface area contributed by atoms with Crippen molar-refractivity contribution in [1.29, 1.82) is 0 Å². The van der Waals surface area contributed by atoms with Crippen molar-refractivity contribution in [3.05, 3.63) is 34.6 Å². The number of carbonyl (C=O) groups is 1. The molecule has 1 aliphatic carbocycles. The van der Waals surface area contributed by atoms with Gasteiger partial charge in [-0.15, -0.1) is 0 Å². The second-order valence-electron chi connectivity index (χ2n) is 3.61. The average molecular weight is 194 g/mol. The minimum atomic E-state index is -1.18. The van der Waals surface area contributed by atoms with Crippen LogP contribution in [0.3, 0.4) is 0 Å². The van der Waals surface area contributed by atoms with Crippen LogP contribution < -0.4 is 0 Å². The lowest BCUT2D eigenvalue weighted by Crippen LogP contribution is -2.08. The van der Waals surface area contributed by atoms with Crippen LogP contribution in [0.25, 0.3) is 0 Å². The summed E-state index contributed by atoms with van der Waals surface area (Å²) in [4.78, 5) is 10.7. The van der Waals surface area contributed by atoms with E-state index in [1.165, 1.54) is 12.1 Å². The first-order valence-corrected chi connectivity index (χ1v) is 4.73. The molecule has 1 aliphatic rings. The molecule has 1 N–H and O–H groups in total. The van der Waals surface area contributed by atoms with E-state index in [1.807, 2.05) is 0 Å². The first-order valence-electron chi connectivity index (χ1n) is 4.73. The van der Waals surface area contributed by atoms with E-state index in [-0.39, 0.29) is 5.56 Å². The molecular formula is C11H11FO2. The zero-order valence-electron chi connectivity index (χ0n) is 7.72. The average Bonchev–Trinajstić information content (AvgIpc) is 2.16. The summed E-state index contributed by atoms with van der Waals surface area (Å²) >= 11 is 0. The molecule has 0 saturated carbocycles. The van der Waals surface area contributed by atoms with E-state index in [0.29, 0.717) is 0 Å². The van der Waals surface area contributed by atoms with Gasteiger partial charge in [-0.1, -0.05) is 0 Å². The third-order valence-electron chi connectivity index (χ3n) is 2.66. The number of benzene rings is 1. The van der Waals surface area contributed by atoms with Crippen LogP contribution >= 0.6 is 0 Å². The maximum Gasteiger partial charge on any atom is 0.338 e. The Morgan fingerprint density at radius 2 is 1.79 bits per heavy atom. The van der Waals surface area contributed by atoms with Crippen LogP contribution in [0.5, 0.6) is 0 Å². The van der Waals surface area contributed by atoms with Crippen molar-refractivity contribution in [2.24, 2.45) is 0 Å². The third kappa shape index (κ3) is 1.50. The molecule has 0 fully saturated rings. The SMILES string of the molecule is O=C(O)c1cc2c(cc1F)CCCC2. The molecule has 14 heavy (non-hydrogen) atoms. The zero-order valence-corrected chi connectivity index (χ0v) is 7.72. The monoisotopic (exact) mass is 194 g/mol. The zero-order chi connectivity index (χ0) is 10.1. The summed E-state index contributed by atoms with van der Waals surface area (Å²) in [6, 6.07) is 2.85. The quantitative estimate of drug-likeness (QED) is 0.745. The molecular weight excluding hydrogens is 183 g/mol. The van der Waals surface area contributed by atoms with Crippen molar-refractivity contribution in [1.82, 2.24) is 0 Å². The highest BCUT2D eigenvalue weighted by molar-refractivity contribution is 5.88. The smallest absolute Gasteiger partial charge is 0.338 e. The molecule has 2 nitrogen and oxygen atoms in total. The van der Waals surface area contributed by atoms with Crippen molar-refractivity contribution in [2.75, 3.05) is 0 Å². The number of fused-ring (bicyclic) bond motifs is 1. The highest BCUT2D eigenvalue weighted by atomic mass is 19.1. The minimum absolute atomic E-state index is 0.203. The Morgan fingerprint density at radius 3 is 2.36 bits per heavy atom. The van der Waals surface area contributed by atoms with Crippen LogP contribution in [0.2, 0.25) is 0 Å². The van der Waals surface area contributed by atoms with Gasteiger partial charge >= 0.3 is 5.97 Å². The summed E-state index contributed by atoms with van der Waals surface area (Å²) in [6.45, 7) is 0. The van der Waals surface area contributed by atoms with Crippen molar-refractivity contribution in [3.8, 4) is 0 Å². The van der Waals surface area contributed by atoms with E-state index in [4.69, 9.17) is 5.11 Å². The molecule has 0 amide bonds. The topological polar surface area (TPSA) is 37.3 Å². The van der Waals surface area contributed by atoms with Gasteiger partial charge in [-0.25, -0.2) is 9.18 Å². The van der Waals surface area contributed by atoms with E-state index < -0.39 is 11.8 Å². The number of hydrogen-bond donors (Lipinski definition) is 1. The van der Waals surface area contributed by atoms with E-state index in [0.717, 1.165) is 36.8 Å². The maximum absolute atomic E-state index is 13.2. The molecule has 0 aliphatic heterocycles. The standard InChI is InChI=1S/C11H11FO2/c12-10-6-8-4-2-1-3-7(8)5-9(10)11(13)14/h5-6H,1-4H2,(H,13,14). The van der Waals surface area contributed by atoms with Gasteiger partial charge in [-0.3, -0.25) is 0 Å². The van der Waals surface area contributed by atoms with Gasteiger partial charge in [-0.2, -0.15) is 0 Å². The molecule has 2 rings (SSSR count).